The number of likely N-dealkylation sites (N-methyl/N-ethyl adjacent to an activating group) is 1. The largest absolute Gasteiger partial charge is 0.374 e. The molecule has 1 unspecified atom stereocenters. The van der Waals surface area contributed by atoms with Gasteiger partial charge in [0.2, 0.25) is 5.91 Å². The smallest absolute Gasteiger partial charge is 0.222 e. The Kier molecular flexibility index (Phi) is 4.85. The van der Waals surface area contributed by atoms with Gasteiger partial charge in [0.15, 0.2) is 0 Å². The Bertz CT molecular complexity index is 305. The van der Waals surface area contributed by atoms with Crippen LogP contribution in [0.2, 0.25) is 0 Å². The molecule has 0 aromatic rings. The molecule has 0 spiro atoms. The third-order valence-electron chi connectivity index (χ3n) is 4.63. The van der Waals surface area contributed by atoms with Gasteiger partial charge in [0.25, 0.3) is 0 Å². The molecule has 2 fully saturated rings. The second-order valence-electron chi connectivity index (χ2n) is 6.28. The van der Waals surface area contributed by atoms with Gasteiger partial charge in [-0.1, -0.05) is 6.92 Å². The molecule has 1 amide bonds. The van der Waals surface area contributed by atoms with E-state index < -0.39 is 0 Å². The van der Waals surface area contributed by atoms with Gasteiger partial charge in [-0.2, -0.15) is 0 Å². The van der Waals surface area contributed by atoms with Crippen molar-refractivity contribution in [2.24, 2.45) is 0 Å². The van der Waals surface area contributed by atoms with Gasteiger partial charge in [0.1, 0.15) is 0 Å². The van der Waals surface area contributed by atoms with Crippen molar-refractivity contribution in [2.75, 3.05) is 33.3 Å². The molecule has 1 atom stereocenters. The predicted molar refractivity (Wildman–Crippen MR) is 76.1 cm³/mol. The number of likely N-dealkylation sites (tertiary alicyclic amines) is 1. The molecule has 19 heavy (non-hydrogen) atoms. The van der Waals surface area contributed by atoms with E-state index >= 15 is 0 Å². The summed E-state index contributed by atoms with van der Waals surface area (Å²) < 4.78 is 5.87. The Morgan fingerprint density at radius 2 is 2.11 bits per heavy atom. The molecule has 0 N–H and O–H groups in total. The SMILES string of the molecule is CCC(=O)N1CCC(N(C)CC2(C)CCCO2)CC1. The van der Waals surface area contributed by atoms with Gasteiger partial charge in [-0.15, -0.1) is 0 Å². The number of piperidine rings is 1. The fourth-order valence-electron chi connectivity index (χ4n) is 3.40. The first-order chi connectivity index (χ1) is 9.04. The van der Waals surface area contributed by atoms with Crippen LogP contribution in [0.5, 0.6) is 0 Å². The first-order valence-corrected chi connectivity index (χ1v) is 7.66. The number of amides is 1. The third-order valence-corrected chi connectivity index (χ3v) is 4.63. The number of carbonyl (C=O) groups excluding carboxylic acids is 1. The molecular formula is C15H28N2O2. The van der Waals surface area contributed by atoms with E-state index in [0.717, 1.165) is 39.1 Å². The lowest BCUT2D eigenvalue weighted by Gasteiger charge is -2.39. The molecule has 2 rings (SSSR count). The number of nitrogens with zero attached hydrogens (tertiary/aromatic N) is 2. The zero-order valence-corrected chi connectivity index (χ0v) is 12.7. The van der Waals surface area contributed by atoms with Gasteiger partial charge in [-0.05, 0) is 39.7 Å². The highest BCUT2D eigenvalue weighted by atomic mass is 16.5. The standard InChI is InChI=1S/C15H28N2O2/c1-4-14(18)17-9-6-13(7-10-17)16(3)12-15(2)8-5-11-19-15/h13H,4-12H2,1-3H3. The molecule has 0 radical (unpaired) electrons. The monoisotopic (exact) mass is 268 g/mol. The van der Waals surface area contributed by atoms with Crippen molar-refractivity contribution < 1.29 is 9.53 Å². The Hall–Kier alpha value is -0.610. The number of hydrogen-bond acceptors (Lipinski definition) is 3. The summed E-state index contributed by atoms with van der Waals surface area (Å²) in [5.74, 6) is 0.298. The van der Waals surface area contributed by atoms with Crippen LogP contribution >= 0.6 is 0 Å². The zero-order chi connectivity index (χ0) is 13.9. The lowest BCUT2D eigenvalue weighted by molar-refractivity contribution is -0.132. The van der Waals surface area contributed by atoms with E-state index in [1.807, 2.05) is 11.8 Å². The van der Waals surface area contributed by atoms with Crippen LogP contribution in [0.25, 0.3) is 0 Å². The van der Waals surface area contributed by atoms with E-state index in [1.54, 1.807) is 0 Å². The summed E-state index contributed by atoms with van der Waals surface area (Å²) in [6, 6.07) is 0.599. The van der Waals surface area contributed by atoms with Gasteiger partial charge in [0, 0.05) is 38.7 Å². The second kappa shape index (κ2) is 6.23. The average Bonchev–Trinajstić information content (AvgIpc) is 2.84. The first kappa shape index (κ1) is 14.8. The van der Waals surface area contributed by atoms with Gasteiger partial charge in [-0.3, -0.25) is 4.79 Å². The molecule has 4 heteroatoms. The Morgan fingerprint density at radius 3 is 2.63 bits per heavy atom. The van der Waals surface area contributed by atoms with Crippen molar-refractivity contribution >= 4 is 5.91 Å². The first-order valence-electron chi connectivity index (χ1n) is 7.66. The molecule has 0 saturated carbocycles. The molecule has 0 aliphatic carbocycles. The van der Waals surface area contributed by atoms with Crippen molar-refractivity contribution in [3.05, 3.63) is 0 Å². The van der Waals surface area contributed by atoms with Crippen LogP contribution in [-0.2, 0) is 9.53 Å². The minimum absolute atomic E-state index is 0.0467. The predicted octanol–water partition coefficient (Wildman–Crippen LogP) is 1.89. The molecular weight excluding hydrogens is 240 g/mol. The van der Waals surface area contributed by atoms with Gasteiger partial charge >= 0.3 is 0 Å². The molecule has 2 saturated heterocycles. The van der Waals surface area contributed by atoms with Crippen LogP contribution in [0.3, 0.4) is 0 Å². The summed E-state index contributed by atoms with van der Waals surface area (Å²) in [5, 5.41) is 0. The van der Waals surface area contributed by atoms with Gasteiger partial charge < -0.3 is 14.5 Å². The maximum Gasteiger partial charge on any atom is 0.222 e. The van der Waals surface area contributed by atoms with Crippen molar-refractivity contribution in [3.63, 3.8) is 0 Å². The average molecular weight is 268 g/mol. The zero-order valence-electron chi connectivity index (χ0n) is 12.7. The molecule has 4 nitrogen and oxygen atoms in total. The molecule has 2 aliphatic heterocycles. The summed E-state index contributed by atoms with van der Waals surface area (Å²) >= 11 is 0. The molecule has 2 aliphatic rings. The number of rotatable bonds is 4. The highest BCUT2D eigenvalue weighted by Crippen LogP contribution is 2.27. The lowest BCUT2D eigenvalue weighted by atomic mass is 9.98. The normalized spacial score (nSPS) is 29.2. The molecule has 110 valence electrons. The molecule has 0 bridgehead atoms. The fourth-order valence-corrected chi connectivity index (χ4v) is 3.40. The van der Waals surface area contributed by atoms with E-state index in [0.29, 0.717) is 18.4 Å². The summed E-state index contributed by atoms with van der Waals surface area (Å²) in [6.07, 6.45) is 5.18. The summed E-state index contributed by atoms with van der Waals surface area (Å²) in [7, 11) is 2.20. The van der Waals surface area contributed by atoms with E-state index in [-0.39, 0.29) is 5.60 Å². The lowest BCUT2D eigenvalue weighted by Crippen LogP contribution is -2.49. The highest BCUT2D eigenvalue weighted by molar-refractivity contribution is 5.75. The number of carbonyl (C=O) groups is 1. The fraction of sp³-hybridized carbons (Fsp3) is 0.933. The molecule has 0 aromatic carbocycles. The topological polar surface area (TPSA) is 32.8 Å². The summed E-state index contributed by atoms with van der Waals surface area (Å²) in [5.41, 5.74) is 0.0467. The van der Waals surface area contributed by atoms with E-state index in [4.69, 9.17) is 4.74 Å². The van der Waals surface area contributed by atoms with Crippen LogP contribution in [0.15, 0.2) is 0 Å². The quantitative estimate of drug-likeness (QED) is 0.780. The van der Waals surface area contributed by atoms with E-state index in [9.17, 15) is 4.79 Å². The Balaban J connectivity index is 1.79. The van der Waals surface area contributed by atoms with Crippen molar-refractivity contribution in [1.29, 1.82) is 0 Å². The number of hydrogen-bond donors (Lipinski definition) is 0. The Labute approximate surface area is 117 Å². The summed E-state index contributed by atoms with van der Waals surface area (Å²) in [4.78, 5) is 16.1. The van der Waals surface area contributed by atoms with Crippen molar-refractivity contribution in [2.45, 2.75) is 57.6 Å². The van der Waals surface area contributed by atoms with Crippen LogP contribution in [0, 0.1) is 0 Å². The second-order valence-corrected chi connectivity index (χ2v) is 6.28. The highest BCUT2D eigenvalue weighted by Gasteiger charge is 2.33. The van der Waals surface area contributed by atoms with Crippen molar-refractivity contribution in [1.82, 2.24) is 9.80 Å². The maximum absolute atomic E-state index is 11.7. The molecule has 2 heterocycles. The van der Waals surface area contributed by atoms with E-state index in [2.05, 4.69) is 18.9 Å². The van der Waals surface area contributed by atoms with Crippen molar-refractivity contribution in [3.8, 4) is 0 Å². The molecule has 0 aromatic heterocycles. The maximum atomic E-state index is 11.7. The third kappa shape index (κ3) is 3.69. The van der Waals surface area contributed by atoms with Crippen LogP contribution in [0.1, 0.15) is 46.0 Å². The van der Waals surface area contributed by atoms with Crippen LogP contribution in [-0.4, -0.2) is 60.6 Å². The minimum atomic E-state index is 0.0467. The Morgan fingerprint density at radius 1 is 1.42 bits per heavy atom. The van der Waals surface area contributed by atoms with Crippen LogP contribution < -0.4 is 0 Å². The minimum Gasteiger partial charge on any atom is -0.374 e. The van der Waals surface area contributed by atoms with Crippen LogP contribution in [0.4, 0.5) is 0 Å². The number of ether oxygens (including phenoxy) is 1. The van der Waals surface area contributed by atoms with Gasteiger partial charge in [-0.25, -0.2) is 0 Å². The van der Waals surface area contributed by atoms with Gasteiger partial charge in [0.05, 0.1) is 5.60 Å². The summed E-state index contributed by atoms with van der Waals surface area (Å²) in [6.45, 7) is 7.93. The van der Waals surface area contributed by atoms with E-state index in [1.165, 1.54) is 12.8 Å².